The molecule has 0 unspecified atom stereocenters. The second-order valence-electron chi connectivity index (χ2n) is 6.90. The molecular formula is C23H20ClN3O. The van der Waals surface area contributed by atoms with Crippen LogP contribution in [0.1, 0.15) is 24.1 Å². The van der Waals surface area contributed by atoms with Crippen molar-refractivity contribution in [1.82, 2.24) is 9.97 Å². The van der Waals surface area contributed by atoms with Gasteiger partial charge in [-0.15, -0.1) is 0 Å². The fourth-order valence-corrected chi connectivity index (χ4v) is 3.66. The van der Waals surface area contributed by atoms with E-state index in [1.54, 1.807) is 12.3 Å². The quantitative estimate of drug-likeness (QED) is 0.469. The number of pyridine rings is 2. The third-order valence-electron chi connectivity index (χ3n) is 4.90. The number of aromatic nitrogens is 2. The number of hydrogen-bond donors (Lipinski definition) is 2. The Balaban J connectivity index is 1.66. The van der Waals surface area contributed by atoms with E-state index in [4.69, 9.17) is 11.6 Å². The molecule has 2 N–H and O–H groups in total. The zero-order valence-electron chi connectivity index (χ0n) is 15.7. The van der Waals surface area contributed by atoms with E-state index in [1.807, 2.05) is 56.4 Å². The molecule has 0 aliphatic heterocycles. The number of benzene rings is 2. The first-order valence-electron chi connectivity index (χ1n) is 9.12. The van der Waals surface area contributed by atoms with Crippen LogP contribution in [0.2, 0.25) is 5.02 Å². The summed E-state index contributed by atoms with van der Waals surface area (Å²) in [5.41, 5.74) is 5.52. The zero-order valence-corrected chi connectivity index (χ0v) is 16.4. The lowest BCUT2D eigenvalue weighted by atomic mass is 10.0. The van der Waals surface area contributed by atoms with Gasteiger partial charge in [-0.05, 0) is 60.9 Å². The molecule has 0 bridgehead atoms. The average molecular weight is 390 g/mol. The largest absolute Gasteiger partial charge is 0.378 e. The van der Waals surface area contributed by atoms with Crippen LogP contribution in [0.4, 0.5) is 5.69 Å². The van der Waals surface area contributed by atoms with Gasteiger partial charge in [-0.25, -0.2) is 0 Å². The van der Waals surface area contributed by atoms with Gasteiger partial charge in [0, 0.05) is 29.0 Å². The molecule has 2 aromatic heterocycles. The molecular weight excluding hydrogens is 370 g/mol. The van der Waals surface area contributed by atoms with Crippen LogP contribution < -0.4 is 10.9 Å². The first-order valence-corrected chi connectivity index (χ1v) is 9.50. The zero-order chi connectivity index (χ0) is 19.7. The first-order chi connectivity index (χ1) is 13.5. The molecule has 1 atom stereocenters. The van der Waals surface area contributed by atoms with E-state index in [-0.39, 0.29) is 11.6 Å². The highest BCUT2D eigenvalue weighted by molar-refractivity contribution is 6.35. The Morgan fingerprint density at radius 1 is 1.11 bits per heavy atom. The van der Waals surface area contributed by atoms with Crippen molar-refractivity contribution in [3.63, 3.8) is 0 Å². The third-order valence-corrected chi connectivity index (χ3v) is 5.22. The maximum absolute atomic E-state index is 12.6. The van der Waals surface area contributed by atoms with Crippen LogP contribution in [0.15, 0.2) is 71.8 Å². The molecule has 2 heterocycles. The minimum atomic E-state index is -0.166. The van der Waals surface area contributed by atoms with Crippen molar-refractivity contribution >= 4 is 28.2 Å². The minimum absolute atomic E-state index is 0.137. The van der Waals surface area contributed by atoms with Gasteiger partial charge in [-0.2, -0.15) is 0 Å². The van der Waals surface area contributed by atoms with Crippen molar-refractivity contribution in [3.05, 3.63) is 93.5 Å². The summed E-state index contributed by atoms with van der Waals surface area (Å²) in [7, 11) is 0. The van der Waals surface area contributed by atoms with Gasteiger partial charge in [0.15, 0.2) is 0 Å². The van der Waals surface area contributed by atoms with Gasteiger partial charge in [0.1, 0.15) is 0 Å². The van der Waals surface area contributed by atoms with E-state index in [2.05, 4.69) is 27.4 Å². The van der Waals surface area contributed by atoms with Crippen LogP contribution in [0.25, 0.3) is 22.0 Å². The summed E-state index contributed by atoms with van der Waals surface area (Å²) < 4.78 is 0. The van der Waals surface area contributed by atoms with Gasteiger partial charge in [-0.1, -0.05) is 35.9 Å². The fourth-order valence-electron chi connectivity index (χ4n) is 3.43. The summed E-state index contributed by atoms with van der Waals surface area (Å²) in [6, 6.07) is 17.5. The molecule has 2 aromatic carbocycles. The van der Waals surface area contributed by atoms with Gasteiger partial charge < -0.3 is 10.3 Å². The lowest BCUT2D eigenvalue weighted by molar-refractivity contribution is 0.866. The number of anilines is 1. The van der Waals surface area contributed by atoms with Crippen molar-refractivity contribution in [2.24, 2.45) is 0 Å². The van der Waals surface area contributed by atoms with Crippen LogP contribution in [0, 0.1) is 6.92 Å². The van der Waals surface area contributed by atoms with Crippen molar-refractivity contribution in [3.8, 4) is 11.1 Å². The molecule has 0 saturated carbocycles. The number of nitrogens with zero attached hydrogens (tertiary/aromatic N) is 1. The van der Waals surface area contributed by atoms with Crippen LogP contribution in [0.3, 0.4) is 0 Å². The molecule has 0 radical (unpaired) electrons. The standard InChI is InChI=1S/C23H20ClN3O/c1-14-13-25-10-9-19(14)16-5-3-7-18(11-16)26-15(2)20-12-17-6-4-8-21(24)22(17)27-23(20)28/h3-13,15,26H,1-2H3,(H,27,28)/t15-/m0/s1. The maximum Gasteiger partial charge on any atom is 0.253 e. The normalized spacial score (nSPS) is 12.1. The number of aryl methyl sites for hydroxylation is 1. The lowest BCUT2D eigenvalue weighted by Gasteiger charge is -2.17. The smallest absolute Gasteiger partial charge is 0.253 e. The van der Waals surface area contributed by atoms with Gasteiger partial charge in [-0.3, -0.25) is 9.78 Å². The molecule has 4 nitrogen and oxygen atoms in total. The Labute approximate surface area is 168 Å². The number of H-pyrrole nitrogens is 1. The van der Waals surface area contributed by atoms with E-state index in [0.29, 0.717) is 16.1 Å². The number of nitrogens with one attached hydrogen (secondary N) is 2. The predicted molar refractivity (Wildman–Crippen MR) is 116 cm³/mol. The summed E-state index contributed by atoms with van der Waals surface area (Å²) in [6.45, 7) is 4.02. The second-order valence-corrected chi connectivity index (χ2v) is 7.30. The van der Waals surface area contributed by atoms with Crippen molar-refractivity contribution < 1.29 is 0 Å². The number of para-hydroxylation sites is 1. The molecule has 140 valence electrons. The third kappa shape index (κ3) is 3.51. The van der Waals surface area contributed by atoms with E-state index in [0.717, 1.165) is 27.8 Å². The first kappa shape index (κ1) is 18.3. The van der Waals surface area contributed by atoms with Crippen LogP contribution >= 0.6 is 11.6 Å². The topological polar surface area (TPSA) is 57.8 Å². The number of hydrogen-bond acceptors (Lipinski definition) is 3. The van der Waals surface area contributed by atoms with Crippen molar-refractivity contribution in [2.75, 3.05) is 5.32 Å². The Hall–Kier alpha value is -3.11. The molecule has 28 heavy (non-hydrogen) atoms. The summed E-state index contributed by atoms with van der Waals surface area (Å²) in [5.74, 6) is 0. The average Bonchev–Trinajstić information content (AvgIpc) is 2.69. The van der Waals surface area contributed by atoms with Gasteiger partial charge in [0.05, 0.1) is 16.6 Å². The molecule has 0 fully saturated rings. The van der Waals surface area contributed by atoms with Crippen LogP contribution in [-0.2, 0) is 0 Å². The molecule has 0 spiro atoms. The van der Waals surface area contributed by atoms with Crippen molar-refractivity contribution in [1.29, 1.82) is 0 Å². The summed E-state index contributed by atoms with van der Waals surface area (Å²) in [5, 5.41) is 4.90. The summed E-state index contributed by atoms with van der Waals surface area (Å²) >= 11 is 6.19. The monoisotopic (exact) mass is 389 g/mol. The van der Waals surface area contributed by atoms with Crippen LogP contribution in [0.5, 0.6) is 0 Å². The number of halogens is 1. The predicted octanol–water partition coefficient (Wildman–Crippen LogP) is 5.73. The number of rotatable bonds is 4. The molecule has 4 rings (SSSR count). The van der Waals surface area contributed by atoms with E-state index >= 15 is 0 Å². The molecule has 0 aliphatic carbocycles. The molecule has 4 aromatic rings. The van der Waals surface area contributed by atoms with Gasteiger partial charge in [0.25, 0.3) is 5.56 Å². The second kappa shape index (κ2) is 7.49. The Bertz CT molecular complexity index is 1220. The van der Waals surface area contributed by atoms with E-state index < -0.39 is 0 Å². The SMILES string of the molecule is Cc1cnccc1-c1cccc(N[C@@H](C)c2cc3cccc(Cl)c3[nH]c2=O)c1. The Kier molecular flexibility index (Phi) is 4.88. The fraction of sp³-hybridized carbons (Fsp3) is 0.130. The summed E-state index contributed by atoms with van der Waals surface area (Å²) in [4.78, 5) is 19.7. The molecule has 0 saturated heterocycles. The van der Waals surface area contributed by atoms with Gasteiger partial charge in [0.2, 0.25) is 0 Å². The highest BCUT2D eigenvalue weighted by Crippen LogP contribution is 2.27. The summed E-state index contributed by atoms with van der Waals surface area (Å²) in [6.07, 6.45) is 3.66. The highest BCUT2D eigenvalue weighted by atomic mass is 35.5. The highest BCUT2D eigenvalue weighted by Gasteiger charge is 2.13. The maximum atomic E-state index is 12.6. The van der Waals surface area contributed by atoms with Gasteiger partial charge >= 0.3 is 0 Å². The number of aromatic amines is 1. The molecule has 0 amide bonds. The van der Waals surface area contributed by atoms with E-state index in [1.165, 1.54) is 0 Å². The van der Waals surface area contributed by atoms with Crippen molar-refractivity contribution in [2.45, 2.75) is 19.9 Å². The van der Waals surface area contributed by atoms with Crippen LogP contribution in [-0.4, -0.2) is 9.97 Å². The molecule has 5 heteroatoms. The lowest BCUT2D eigenvalue weighted by Crippen LogP contribution is -2.19. The molecule has 0 aliphatic rings. The Morgan fingerprint density at radius 3 is 2.75 bits per heavy atom. The number of fused-ring (bicyclic) bond motifs is 1. The minimum Gasteiger partial charge on any atom is -0.378 e. The van der Waals surface area contributed by atoms with E-state index in [9.17, 15) is 4.79 Å². The Morgan fingerprint density at radius 2 is 1.93 bits per heavy atom.